The number of aromatic amines is 1. The summed E-state index contributed by atoms with van der Waals surface area (Å²) in [5.74, 6) is -0.808. The van der Waals surface area contributed by atoms with Crippen molar-refractivity contribution < 1.29 is 14.7 Å². The predicted molar refractivity (Wildman–Crippen MR) is 82.5 cm³/mol. The third-order valence-corrected chi connectivity index (χ3v) is 4.41. The van der Waals surface area contributed by atoms with Gasteiger partial charge in [0.1, 0.15) is 0 Å². The van der Waals surface area contributed by atoms with Crippen molar-refractivity contribution >= 4 is 28.9 Å². The molecule has 0 aliphatic heterocycles. The van der Waals surface area contributed by atoms with Crippen LogP contribution in [0.4, 0.5) is 5.95 Å². The number of benzene rings is 1. The molecule has 1 aromatic carbocycles. The number of amides is 1. The van der Waals surface area contributed by atoms with E-state index in [0.717, 1.165) is 30.3 Å². The highest BCUT2D eigenvalue weighted by atomic mass is 16.4. The van der Waals surface area contributed by atoms with Gasteiger partial charge in [0.05, 0.1) is 16.4 Å². The highest BCUT2D eigenvalue weighted by Crippen LogP contribution is 2.39. The molecule has 6 heteroatoms. The van der Waals surface area contributed by atoms with Crippen LogP contribution < -0.4 is 5.32 Å². The quantitative estimate of drug-likeness (QED) is 0.809. The topological polar surface area (TPSA) is 95.1 Å². The van der Waals surface area contributed by atoms with E-state index < -0.39 is 11.4 Å². The smallest absolute Gasteiger partial charge is 0.310 e. The molecule has 1 aromatic heterocycles. The molecule has 1 fully saturated rings. The molecule has 0 atom stereocenters. The van der Waals surface area contributed by atoms with Gasteiger partial charge in [-0.2, -0.15) is 0 Å². The van der Waals surface area contributed by atoms with Gasteiger partial charge in [0.25, 0.3) is 0 Å². The fourth-order valence-corrected chi connectivity index (χ4v) is 3.19. The second-order valence-corrected chi connectivity index (χ2v) is 5.97. The summed E-state index contributed by atoms with van der Waals surface area (Å²) in [4.78, 5) is 31.1. The van der Waals surface area contributed by atoms with Gasteiger partial charge in [0, 0.05) is 6.42 Å². The van der Waals surface area contributed by atoms with Crippen molar-refractivity contribution in [3.8, 4) is 0 Å². The first-order valence-corrected chi connectivity index (χ1v) is 7.57. The van der Waals surface area contributed by atoms with Crippen LogP contribution >= 0.6 is 0 Å². The highest BCUT2D eigenvalue weighted by molar-refractivity contribution is 5.94. The molecule has 3 rings (SSSR count). The molecule has 0 unspecified atom stereocenters. The number of carboxylic acid groups (broad SMARTS) is 1. The predicted octanol–water partition coefficient (Wildman–Crippen LogP) is 2.93. The molecule has 0 radical (unpaired) electrons. The van der Waals surface area contributed by atoms with E-state index in [0.29, 0.717) is 18.8 Å². The Kier molecular flexibility index (Phi) is 3.83. The number of carboxylic acids is 1. The van der Waals surface area contributed by atoms with Gasteiger partial charge in [-0.3, -0.25) is 14.9 Å². The van der Waals surface area contributed by atoms with Gasteiger partial charge in [-0.25, -0.2) is 4.98 Å². The monoisotopic (exact) mass is 301 g/mol. The van der Waals surface area contributed by atoms with E-state index in [1.54, 1.807) is 0 Å². The first kappa shape index (κ1) is 14.6. The number of rotatable bonds is 4. The van der Waals surface area contributed by atoms with E-state index in [1.165, 1.54) is 0 Å². The van der Waals surface area contributed by atoms with Crippen LogP contribution in [0.15, 0.2) is 24.3 Å². The van der Waals surface area contributed by atoms with Crippen LogP contribution in [0.1, 0.15) is 38.5 Å². The van der Waals surface area contributed by atoms with Crippen molar-refractivity contribution in [2.24, 2.45) is 5.41 Å². The van der Waals surface area contributed by atoms with Gasteiger partial charge in [-0.15, -0.1) is 0 Å². The van der Waals surface area contributed by atoms with Gasteiger partial charge in [0.15, 0.2) is 0 Å². The molecule has 1 heterocycles. The number of para-hydroxylation sites is 2. The zero-order valence-corrected chi connectivity index (χ0v) is 12.3. The Morgan fingerprint density at radius 2 is 1.95 bits per heavy atom. The average Bonchev–Trinajstić information content (AvgIpc) is 2.89. The number of H-pyrrole nitrogens is 1. The Labute approximate surface area is 127 Å². The fourth-order valence-electron chi connectivity index (χ4n) is 3.19. The zero-order valence-electron chi connectivity index (χ0n) is 12.3. The number of nitrogens with zero attached hydrogens (tertiary/aromatic N) is 1. The molecule has 1 amide bonds. The summed E-state index contributed by atoms with van der Waals surface area (Å²) in [6.45, 7) is 0. The molecule has 0 saturated heterocycles. The van der Waals surface area contributed by atoms with E-state index in [2.05, 4.69) is 15.3 Å². The minimum Gasteiger partial charge on any atom is -0.481 e. The Morgan fingerprint density at radius 1 is 1.23 bits per heavy atom. The number of anilines is 1. The van der Waals surface area contributed by atoms with Crippen molar-refractivity contribution in [2.75, 3.05) is 5.32 Å². The van der Waals surface area contributed by atoms with Crippen molar-refractivity contribution in [3.05, 3.63) is 24.3 Å². The Morgan fingerprint density at radius 3 is 2.64 bits per heavy atom. The lowest BCUT2D eigenvalue weighted by Gasteiger charge is -2.32. The van der Waals surface area contributed by atoms with Crippen LogP contribution in [0.2, 0.25) is 0 Å². The van der Waals surface area contributed by atoms with E-state index in [4.69, 9.17) is 0 Å². The Balaban J connectivity index is 1.72. The van der Waals surface area contributed by atoms with Crippen molar-refractivity contribution in [3.63, 3.8) is 0 Å². The molecule has 2 aromatic rings. The zero-order chi connectivity index (χ0) is 15.6. The first-order chi connectivity index (χ1) is 10.6. The summed E-state index contributed by atoms with van der Waals surface area (Å²) in [5.41, 5.74) is 0.681. The van der Waals surface area contributed by atoms with Crippen LogP contribution in [-0.2, 0) is 9.59 Å². The summed E-state index contributed by atoms with van der Waals surface area (Å²) < 4.78 is 0. The maximum absolute atomic E-state index is 12.2. The highest BCUT2D eigenvalue weighted by Gasteiger charge is 2.41. The number of aromatic nitrogens is 2. The van der Waals surface area contributed by atoms with Gasteiger partial charge in [-0.05, 0) is 25.0 Å². The SMILES string of the molecule is O=C(CC1(C(=O)O)CCCCC1)Nc1nc2ccccc2[nH]1. The first-order valence-electron chi connectivity index (χ1n) is 7.57. The van der Waals surface area contributed by atoms with E-state index >= 15 is 0 Å². The summed E-state index contributed by atoms with van der Waals surface area (Å²) in [7, 11) is 0. The van der Waals surface area contributed by atoms with Crippen LogP contribution in [0.5, 0.6) is 0 Å². The number of fused-ring (bicyclic) bond motifs is 1. The summed E-state index contributed by atoms with van der Waals surface area (Å²) >= 11 is 0. The second kappa shape index (κ2) is 5.79. The maximum atomic E-state index is 12.2. The largest absolute Gasteiger partial charge is 0.481 e. The minimum absolute atomic E-state index is 0.000616. The van der Waals surface area contributed by atoms with Gasteiger partial charge in [0.2, 0.25) is 11.9 Å². The number of nitrogens with one attached hydrogen (secondary N) is 2. The Bertz CT molecular complexity index is 668. The standard InChI is InChI=1S/C16H19N3O3/c20-13(10-16(14(21)22)8-4-1-5-9-16)19-15-17-11-6-2-3-7-12(11)18-15/h2-3,6-7H,1,4-5,8-10H2,(H,21,22)(H2,17,18,19,20). The number of hydrogen-bond donors (Lipinski definition) is 3. The van der Waals surface area contributed by atoms with Gasteiger partial charge in [-0.1, -0.05) is 31.4 Å². The van der Waals surface area contributed by atoms with Gasteiger partial charge < -0.3 is 10.1 Å². The van der Waals surface area contributed by atoms with Crippen LogP contribution in [0.25, 0.3) is 11.0 Å². The molecule has 116 valence electrons. The number of aliphatic carboxylic acids is 1. The third-order valence-electron chi connectivity index (χ3n) is 4.41. The number of carbonyl (C=O) groups excluding carboxylic acids is 1. The van der Waals surface area contributed by atoms with Crippen molar-refractivity contribution in [1.29, 1.82) is 0 Å². The van der Waals surface area contributed by atoms with E-state index in [1.807, 2.05) is 24.3 Å². The average molecular weight is 301 g/mol. The molecule has 3 N–H and O–H groups in total. The van der Waals surface area contributed by atoms with Crippen molar-refractivity contribution in [2.45, 2.75) is 38.5 Å². The van der Waals surface area contributed by atoms with E-state index in [9.17, 15) is 14.7 Å². The lowest BCUT2D eigenvalue weighted by atomic mass is 9.71. The van der Waals surface area contributed by atoms with E-state index in [-0.39, 0.29) is 12.3 Å². The molecular weight excluding hydrogens is 282 g/mol. The number of carbonyl (C=O) groups is 2. The molecule has 6 nitrogen and oxygen atoms in total. The van der Waals surface area contributed by atoms with Crippen molar-refractivity contribution in [1.82, 2.24) is 9.97 Å². The fraction of sp³-hybridized carbons (Fsp3) is 0.438. The molecule has 1 aliphatic carbocycles. The maximum Gasteiger partial charge on any atom is 0.310 e. The summed E-state index contributed by atoms with van der Waals surface area (Å²) in [6, 6.07) is 7.48. The Hall–Kier alpha value is -2.37. The number of imidazole rings is 1. The van der Waals surface area contributed by atoms with Crippen LogP contribution in [0, 0.1) is 5.41 Å². The molecule has 0 bridgehead atoms. The minimum atomic E-state index is -0.922. The summed E-state index contributed by atoms with van der Waals surface area (Å²) in [6.07, 6.45) is 3.90. The molecule has 22 heavy (non-hydrogen) atoms. The second-order valence-electron chi connectivity index (χ2n) is 5.97. The third kappa shape index (κ3) is 2.81. The number of hydrogen-bond acceptors (Lipinski definition) is 3. The molecule has 1 aliphatic rings. The molecule has 0 spiro atoms. The summed E-state index contributed by atoms with van der Waals surface area (Å²) in [5, 5.41) is 12.2. The van der Waals surface area contributed by atoms with Crippen LogP contribution in [0.3, 0.4) is 0 Å². The lowest BCUT2D eigenvalue weighted by molar-refractivity contribution is -0.153. The van der Waals surface area contributed by atoms with Crippen LogP contribution in [-0.4, -0.2) is 27.0 Å². The normalized spacial score (nSPS) is 17.3. The molecule has 1 saturated carbocycles. The van der Waals surface area contributed by atoms with Gasteiger partial charge >= 0.3 is 5.97 Å². The lowest BCUT2D eigenvalue weighted by Crippen LogP contribution is -2.37. The molecular formula is C16H19N3O3.